The van der Waals surface area contributed by atoms with Crippen LogP contribution in [0.2, 0.25) is 0 Å². The molecule has 2 aromatic heterocycles. The van der Waals surface area contributed by atoms with Gasteiger partial charge < -0.3 is 4.90 Å². The number of nitrogens with zero attached hydrogens (tertiary/aromatic N) is 4. The summed E-state index contributed by atoms with van der Waals surface area (Å²) in [5.41, 5.74) is 4.06. The number of pyridine rings is 1. The third kappa shape index (κ3) is 3.85. The zero-order valence-electron chi connectivity index (χ0n) is 15.4. The molecule has 0 fully saturated rings. The van der Waals surface area contributed by atoms with Gasteiger partial charge in [0.05, 0.1) is 22.2 Å². The van der Waals surface area contributed by atoms with E-state index in [1.54, 1.807) is 12.4 Å². The van der Waals surface area contributed by atoms with E-state index in [9.17, 15) is 4.21 Å². The minimum absolute atomic E-state index is 0.438. The Morgan fingerprint density at radius 2 is 1.85 bits per heavy atom. The van der Waals surface area contributed by atoms with Crippen LogP contribution in [0.25, 0.3) is 5.69 Å². The first-order valence-corrected chi connectivity index (χ1v) is 10.1. The number of rotatable bonds is 7. The van der Waals surface area contributed by atoms with Crippen molar-refractivity contribution in [1.82, 2.24) is 14.5 Å². The van der Waals surface area contributed by atoms with E-state index >= 15 is 0 Å². The van der Waals surface area contributed by atoms with Gasteiger partial charge in [0.1, 0.15) is 0 Å². The van der Waals surface area contributed by atoms with Gasteiger partial charge in [0.15, 0.2) is 0 Å². The molecule has 0 spiro atoms. The maximum Gasteiger partial charge on any atom is 0.203 e. The Kier molecular flexibility index (Phi) is 5.83. The summed E-state index contributed by atoms with van der Waals surface area (Å²) in [5, 5.41) is 0.560. The molecule has 0 aliphatic heterocycles. The van der Waals surface area contributed by atoms with Crippen molar-refractivity contribution in [3.05, 3.63) is 66.2 Å². The second-order valence-electron chi connectivity index (χ2n) is 6.03. The molecule has 0 N–H and O–H groups in total. The first-order valence-electron chi connectivity index (χ1n) is 8.81. The Balaban J connectivity index is 1.90. The molecule has 5 nitrogen and oxygen atoms in total. The molecule has 0 aliphatic rings. The standard InChI is InChI=1S/C20H24N4OS/c1-4-23(5-2)19-9-7-6-8-17(19)15-26(25)20-22-12-13-24(20)18-10-11-21-16(3)14-18/h6-14H,4-5,15H2,1-3H3. The first-order chi connectivity index (χ1) is 12.6. The van der Waals surface area contributed by atoms with Crippen molar-refractivity contribution in [3.63, 3.8) is 0 Å². The van der Waals surface area contributed by atoms with Gasteiger partial charge in [0.2, 0.25) is 5.16 Å². The Morgan fingerprint density at radius 3 is 2.58 bits per heavy atom. The van der Waals surface area contributed by atoms with Crippen LogP contribution < -0.4 is 4.90 Å². The van der Waals surface area contributed by atoms with Gasteiger partial charge in [-0.15, -0.1) is 0 Å². The summed E-state index contributed by atoms with van der Waals surface area (Å²) in [5.74, 6) is 0.438. The quantitative estimate of drug-likeness (QED) is 0.638. The summed E-state index contributed by atoms with van der Waals surface area (Å²) < 4.78 is 15.0. The van der Waals surface area contributed by atoms with Gasteiger partial charge in [0, 0.05) is 43.1 Å². The van der Waals surface area contributed by atoms with Crippen LogP contribution in [0.3, 0.4) is 0 Å². The topological polar surface area (TPSA) is 51.0 Å². The van der Waals surface area contributed by atoms with Crippen LogP contribution in [0.4, 0.5) is 5.69 Å². The Morgan fingerprint density at radius 1 is 1.08 bits per heavy atom. The number of hydrogen-bond acceptors (Lipinski definition) is 4. The fourth-order valence-corrected chi connectivity index (χ4v) is 4.27. The number of imidazole rings is 1. The highest BCUT2D eigenvalue weighted by Gasteiger charge is 2.16. The van der Waals surface area contributed by atoms with Crippen LogP contribution in [0, 0.1) is 6.92 Å². The second kappa shape index (κ2) is 8.27. The molecule has 2 heterocycles. The normalized spacial score (nSPS) is 12.1. The van der Waals surface area contributed by atoms with Gasteiger partial charge in [-0.2, -0.15) is 0 Å². The highest BCUT2D eigenvalue weighted by molar-refractivity contribution is 7.84. The van der Waals surface area contributed by atoms with Gasteiger partial charge in [-0.25, -0.2) is 4.98 Å². The summed E-state index contributed by atoms with van der Waals surface area (Å²) in [6.07, 6.45) is 5.30. The summed E-state index contributed by atoms with van der Waals surface area (Å²) in [6.45, 7) is 8.05. The zero-order chi connectivity index (χ0) is 18.5. The number of aryl methyl sites for hydroxylation is 1. The molecule has 0 saturated heterocycles. The highest BCUT2D eigenvalue weighted by atomic mass is 32.2. The predicted octanol–water partition coefficient (Wildman–Crippen LogP) is 3.73. The molecule has 0 bridgehead atoms. The molecule has 0 aliphatic carbocycles. The summed E-state index contributed by atoms with van der Waals surface area (Å²) in [6, 6.07) is 12.0. The van der Waals surface area contributed by atoms with Crippen molar-refractivity contribution in [2.45, 2.75) is 31.7 Å². The van der Waals surface area contributed by atoms with Gasteiger partial charge >= 0.3 is 0 Å². The van der Waals surface area contributed by atoms with E-state index in [0.29, 0.717) is 10.9 Å². The van der Waals surface area contributed by atoms with Crippen LogP contribution in [0.5, 0.6) is 0 Å². The molecule has 0 saturated carbocycles. The van der Waals surface area contributed by atoms with Crippen LogP contribution in [-0.2, 0) is 16.6 Å². The average Bonchev–Trinajstić information content (AvgIpc) is 3.14. The molecule has 3 aromatic rings. The average molecular weight is 369 g/mol. The van der Waals surface area contributed by atoms with E-state index < -0.39 is 10.8 Å². The van der Waals surface area contributed by atoms with Crippen LogP contribution in [-0.4, -0.2) is 31.8 Å². The third-order valence-corrected chi connectivity index (χ3v) is 5.63. The Bertz CT molecular complexity index is 902. The lowest BCUT2D eigenvalue weighted by atomic mass is 10.2. The minimum atomic E-state index is -1.25. The maximum atomic E-state index is 13.1. The Hall–Kier alpha value is -2.47. The number of para-hydroxylation sites is 1. The molecule has 3 rings (SSSR count). The SMILES string of the molecule is CCN(CC)c1ccccc1CS(=O)c1nccn1-c1ccnc(C)c1. The van der Waals surface area contributed by atoms with E-state index in [1.165, 1.54) is 0 Å². The lowest BCUT2D eigenvalue weighted by Gasteiger charge is -2.24. The molecule has 0 amide bonds. The van der Waals surface area contributed by atoms with Gasteiger partial charge in [0.25, 0.3) is 0 Å². The van der Waals surface area contributed by atoms with E-state index in [4.69, 9.17) is 0 Å². The Labute approximate surface area is 157 Å². The smallest absolute Gasteiger partial charge is 0.203 e. The molecule has 26 heavy (non-hydrogen) atoms. The summed E-state index contributed by atoms with van der Waals surface area (Å²) >= 11 is 0. The molecule has 136 valence electrons. The van der Waals surface area contributed by atoms with Crippen molar-refractivity contribution in [1.29, 1.82) is 0 Å². The number of hydrogen-bond donors (Lipinski definition) is 0. The van der Waals surface area contributed by atoms with Crippen LogP contribution >= 0.6 is 0 Å². The molecular weight excluding hydrogens is 344 g/mol. The van der Waals surface area contributed by atoms with Crippen molar-refractivity contribution < 1.29 is 4.21 Å². The maximum absolute atomic E-state index is 13.1. The summed E-state index contributed by atoms with van der Waals surface area (Å²) in [4.78, 5) is 10.9. The highest BCUT2D eigenvalue weighted by Crippen LogP contribution is 2.24. The lowest BCUT2D eigenvalue weighted by molar-refractivity contribution is 0.672. The monoisotopic (exact) mass is 368 g/mol. The second-order valence-corrected chi connectivity index (χ2v) is 7.37. The molecule has 1 aromatic carbocycles. The lowest BCUT2D eigenvalue weighted by Crippen LogP contribution is -2.23. The molecular formula is C20H24N4OS. The predicted molar refractivity (Wildman–Crippen MR) is 106 cm³/mol. The molecule has 0 radical (unpaired) electrons. The van der Waals surface area contributed by atoms with Gasteiger partial charge in [-0.05, 0) is 44.5 Å². The van der Waals surface area contributed by atoms with E-state index in [1.807, 2.05) is 42.0 Å². The van der Waals surface area contributed by atoms with Crippen LogP contribution in [0.15, 0.2) is 60.1 Å². The van der Waals surface area contributed by atoms with Crippen LogP contribution in [0.1, 0.15) is 25.1 Å². The largest absolute Gasteiger partial charge is 0.372 e. The zero-order valence-corrected chi connectivity index (χ0v) is 16.2. The fourth-order valence-electron chi connectivity index (χ4n) is 3.05. The van der Waals surface area contributed by atoms with E-state index in [-0.39, 0.29) is 0 Å². The van der Waals surface area contributed by atoms with Crippen molar-refractivity contribution in [2.75, 3.05) is 18.0 Å². The molecule has 6 heteroatoms. The number of anilines is 1. The molecule has 1 atom stereocenters. The first kappa shape index (κ1) is 18.3. The van der Waals surface area contributed by atoms with E-state index in [0.717, 1.165) is 35.7 Å². The third-order valence-electron chi connectivity index (χ3n) is 4.35. The number of benzene rings is 1. The summed E-state index contributed by atoms with van der Waals surface area (Å²) in [7, 11) is -1.25. The molecule has 1 unspecified atom stereocenters. The van der Waals surface area contributed by atoms with E-state index in [2.05, 4.69) is 40.8 Å². The minimum Gasteiger partial charge on any atom is -0.372 e. The van der Waals surface area contributed by atoms with Crippen molar-refractivity contribution >= 4 is 16.5 Å². The van der Waals surface area contributed by atoms with Gasteiger partial charge in [-0.3, -0.25) is 13.8 Å². The fraction of sp³-hybridized carbons (Fsp3) is 0.300. The van der Waals surface area contributed by atoms with Crippen molar-refractivity contribution in [2.24, 2.45) is 0 Å². The van der Waals surface area contributed by atoms with Gasteiger partial charge in [-0.1, -0.05) is 18.2 Å². The van der Waals surface area contributed by atoms with Crippen molar-refractivity contribution in [3.8, 4) is 5.69 Å². The number of aromatic nitrogens is 3.